The fourth-order valence-corrected chi connectivity index (χ4v) is 2.40. The van der Waals surface area contributed by atoms with Gasteiger partial charge in [-0.2, -0.15) is 0 Å². The number of rotatable bonds is 3. The van der Waals surface area contributed by atoms with E-state index >= 15 is 0 Å². The molecule has 1 fully saturated rings. The molecule has 3 nitrogen and oxygen atoms in total. The summed E-state index contributed by atoms with van der Waals surface area (Å²) < 4.78 is 5.56. The predicted octanol–water partition coefficient (Wildman–Crippen LogP) is 3.03. The van der Waals surface area contributed by atoms with Crippen LogP contribution < -0.4 is 0 Å². The maximum Gasteiger partial charge on any atom is 0.231 e. The monoisotopic (exact) mass is 214 g/mol. The van der Waals surface area contributed by atoms with Crippen molar-refractivity contribution in [3.63, 3.8) is 0 Å². The Balaban J connectivity index is 2.26. The summed E-state index contributed by atoms with van der Waals surface area (Å²) in [6.07, 6.45) is 5.97. The van der Waals surface area contributed by atoms with Gasteiger partial charge in [0.25, 0.3) is 0 Å². The molecule has 78 valence electrons. The van der Waals surface area contributed by atoms with E-state index in [1.54, 1.807) is 0 Å². The molecule has 1 aliphatic rings. The highest BCUT2D eigenvalue weighted by atomic mass is 35.5. The fourth-order valence-electron chi connectivity index (χ4n) is 2.29. The summed E-state index contributed by atoms with van der Waals surface area (Å²) in [6.45, 7) is 2.19. The van der Waals surface area contributed by atoms with E-state index in [-0.39, 0.29) is 5.41 Å². The number of nitrogens with zero attached hydrogens (tertiary/aromatic N) is 2. The van der Waals surface area contributed by atoms with Crippen LogP contribution in [-0.4, -0.2) is 10.2 Å². The molecule has 0 amide bonds. The van der Waals surface area contributed by atoms with Crippen molar-refractivity contribution in [2.24, 2.45) is 0 Å². The van der Waals surface area contributed by atoms with Crippen molar-refractivity contribution in [2.75, 3.05) is 0 Å². The molecule has 0 bridgehead atoms. The van der Waals surface area contributed by atoms with E-state index in [0.717, 1.165) is 12.3 Å². The van der Waals surface area contributed by atoms with Gasteiger partial charge in [0.15, 0.2) is 0 Å². The molecular weight excluding hydrogens is 200 g/mol. The standard InChI is InChI=1S/C10H15ClN2O/c1-2-10(5-3-4-6-10)9-13-12-8(7-11)14-9/h2-7H2,1H3. The zero-order valence-corrected chi connectivity index (χ0v) is 9.18. The van der Waals surface area contributed by atoms with Crippen LogP contribution >= 0.6 is 11.6 Å². The average molecular weight is 215 g/mol. The third-order valence-electron chi connectivity index (χ3n) is 3.27. The maximum atomic E-state index is 5.64. The molecule has 1 aromatic rings. The van der Waals surface area contributed by atoms with Crippen molar-refractivity contribution in [1.82, 2.24) is 10.2 Å². The maximum absolute atomic E-state index is 5.64. The minimum absolute atomic E-state index is 0.150. The van der Waals surface area contributed by atoms with Crippen LogP contribution in [0.5, 0.6) is 0 Å². The van der Waals surface area contributed by atoms with E-state index in [1.165, 1.54) is 25.7 Å². The smallest absolute Gasteiger partial charge is 0.231 e. The number of alkyl halides is 1. The van der Waals surface area contributed by atoms with Crippen LogP contribution in [0.4, 0.5) is 0 Å². The molecule has 0 aliphatic heterocycles. The van der Waals surface area contributed by atoms with E-state index in [0.29, 0.717) is 11.8 Å². The lowest BCUT2D eigenvalue weighted by Gasteiger charge is -2.22. The van der Waals surface area contributed by atoms with E-state index in [9.17, 15) is 0 Å². The second-order valence-corrected chi connectivity index (χ2v) is 4.24. The Hall–Kier alpha value is -0.570. The highest BCUT2D eigenvalue weighted by molar-refractivity contribution is 6.16. The summed E-state index contributed by atoms with van der Waals surface area (Å²) in [6, 6.07) is 0. The molecule has 1 aromatic heterocycles. The highest BCUT2D eigenvalue weighted by Gasteiger charge is 2.38. The van der Waals surface area contributed by atoms with Crippen LogP contribution in [0.1, 0.15) is 50.8 Å². The van der Waals surface area contributed by atoms with Gasteiger partial charge in [-0.05, 0) is 19.3 Å². The predicted molar refractivity (Wildman–Crippen MR) is 54.3 cm³/mol. The summed E-state index contributed by atoms with van der Waals surface area (Å²) in [5.74, 6) is 1.65. The molecule has 0 aromatic carbocycles. The number of aromatic nitrogens is 2. The van der Waals surface area contributed by atoms with Gasteiger partial charge in [0, 0.05) is 5.41 Å². The van der Waals surface area contributed by atoms with Crippen molar-refractivity contribution >= 4 is 11.6 Å². The molecule has 2 rings (SSSR count). The molecule has 1 saturated carbocycles. The Morgan fingerprint density at radius 1 is 1.36 bits per heavy atom. The zero-order valence-electron chi connectivity index (χ0n) is 8.42. The van der Waals surface area contributed by atoms with Crippen molar-refractivity contribution in [3.8, 4) is 0 Å². The van der Waals surface area contributed by atoms with Gasteiger partial charge in [-0.1, -0.05) is 19.8 Å². The van der Waals surface area contributed by atoms with Crippen LogP contribution in [0.25, 0.3) is 0 Å². The van der Waals surface area contributed by atoms with Gasteiger partial charge in [-0.15, -0.1) is 21.8 Å². The van der Waals surface area contributed by atoms with Crippen molar-refractivity contribution in [2.45, 2.75) is 50.3 Å². The van der Waals surface area contributed by atoms with Crippen LogP contribution in [0.2, 0.25) is 0 Å². The third kappa shape index (κ3) is 1.54. The fraction of sp³-hybridized carbons (Fsp3) is 0.800. The normalized spacial score (nSPS) is 20.1. The minimum Gasteiger partial charge on any atom is -0.423 e. The van der Waals surface area contributed by atoms with Crippen molar-refractivity contribution in [1.29, 1.82) is 0 Å². The van der Waals surface area contributed by atoms with Crippen LogP contribution in [0, 0.1) is 0 Å². The topological polar surface area (TPSA) is 38.9 Å². The molecule has 1 aliphatic carbocycles. The molecule has 1 heterocycles. The van der Waals surface area contributed by atoms with Crippen LogP contribution in [0.15, 0.2) is 4.42 Å². The van der Waals surface area contributed by atoms with Gasteiger partial charge < -0.3 is 4.42 Å². The second-order valence-electron chi connectivity index (χ2n) is 3.98. The van der Waals surface area contributed by atoms with Gasteiger partial charge in [-0.3, -0.25) is 0 Å². The van der Waals surface area contributed by atoms with E-state index in [4.69, 9.17) is 16.0 Å². The Kier molecular flexibility index (Phi) is 2.77. The Morgan fingerprint density at radius 3 is 2.57 bits per heavy atom. The molecule has 4 heteroatoms. The third-order valence-corrected chi connectivity index (χ3v) is 3.50. The molecule has 0 atom stereocenters. The first-order valence-electron chi connectivity index (χ1n) is 5.19. The van der Waals surface area contributed by atoms with Crippen molar-refractivity contribution < 1.29 is 4.42 Å². The Labute approximate surface area is 88.9 Å². The molecule has 0 spiro atoms. The lowest BCUT2D eigenvalue weighted by atomic mass is 9.83. The van der Waals surface area contributed by atoms with E-state index in [2.05, 4.69) is 17.1 Å². The highest BCUT2D eigenvalue weighted by Crippen LogP contribution is 2.42. The zero-order chi connectivity index (χ0) is 10.0. The first kappa shape index (κ1) is 9.97. The molecule has 0 radical (unpaired) electrons. The number of hydrogen-bond acceptors (Lipinski definition) is 3. The average Bonchev–Trinajstić information content (AvgIpc) is 2.87. The van der Waals surface area contributed by atoms with E-state index < -0.39 is 0 Å². The molecular formula is C10H15ClN2O. The lowest BCUT2D eigenvalue weighted by molar-refractivity contribution is 0.308. The summed E-state index contributed by atoms with van der Waals surface area (Å²) >= 11 is 5.64. The van der Waals surface area contributed by atoms with Gasteiger partial charge in [0.1, 0.15) is 5.88 Å². The lowest BCUT2D eigenvalue weighted by Crippen LogP contribution is -2.21. The molecule has 0 N–H and O–H groups in total. The largest absolute Gasteiger partial charge is 0.423 e. The Morgan fingerprint density at radius 2 is 2.07 bits per heavy atom. The van der Waals surface area contributed by atoms with Gasteiger partial charge in [-0.25, -0.2) is 0 Å². The number of halogens is 1. The van der Waals surface area contributed by atoms with Crippen LogP contribution in [-0.2, 0) is 11.3 Å². The first-order valence-corrected chi connectivity index (χ1v) is 5.73. The first-order chi connectivity index (χ1) is 6.80. The number of hydrogen-bond donors (Lipinski definition) is 0. The Bertz CT molecular complexity index is 305. The van der Waals surface area contributed by atoms with E-state index in [1.807, 2.05) is 0 Å². The SMILES string of the molecule is CCC1(c2nnc(CCl)o2)CCCC1. The van der Waals surface area contributed by atoms with Gasteiger partial charge in [0.2, 0.25) is 11.8 Å². The van der Waals surface area contributed by atoms with Gasteiger partial charge >= 0.3 is 0 Å². The summed E-state index contributed by atoms with van der Waals surface area (Å²) in [4.78, 5) is 0. The minimum atomic E-state index is 0.150. The molecule has 0 unspecified atom stereocenters. The summed E-state index contributed by atoms with van der Waals surface area (Å²) in [5, 5.41) is 8.03. The summed E-state index contributed by atoms with van der Waals surface area (Å²) in [5.41, 5.74) is 0.150. The second kappa shape index (κ2) is 3.89. The molecule has 0 saturated heterocycles. The van der Waals surface area contributed by atoms with Crippen LogP contribution in [0.3, 0.4) is 0 Å². The molecule has 14 heavy (non-hydrogen) atoms. The summed E-state index contributed by atoms with van der Waals surface area (Å²) in [7, 11) is 0. The van der Waals surface area contributed by atoms with Gasteiger partial charge in [0.05, 0.1) is 0 Å². The van der Waals surface area contributed by atoms with Crippen molar-refractivity contribution in [3.05, 3.63) is 11.8 Å². The quantitative estimate of drug-likeness (QED) is 0.726.